The Balaban J connectivity index is 1.66. The molecule has 2 N–H and O–H groups in total. The summed E-state index contributed by atoms with van der Waals surface area (Å²) >= 11 is 7.30. The second-order valence-corrected chi connectivity index (χ2v) is 5.97. The van der Waals surface area contributed by atoms with Gasteiger partial charge in [-0.3, -0.25) is 14.9 Å². The largest absolute Gasteiger partial charge is 0.291 e. The first-order valence-corrected chi connectivity index (χ1v) is 7.46. The Morgan fingerprint density at radius 1 is 1.32 bits per heavy atom. The molecule has 0 saturated carbocycles. The van der Waals surface area contributed by atoms with E-state index in [0.717, 1.165) is 16.1 Å². The Hall–Kier alpha value is -2.51. The number of H-pyrrole nitrogens is 1. The normalized spacial score (nSPS) is 11.0. The van der Waals surface area contributed by atoms with Crippen LogP contribution in [-0.2, 0) is 0 Å². The molecule has 3 heterocycles. The van der Waals surface area contributed by atoms with Crippen LogP contribution in [0.2, 0.25) is 4.34 Å². The number of halogens is 1. The van der Waals surface area contributed by atoms with Gasteiger partial charge >= 0.3 is 0 Å². The first kappa shape index (κ1) is 14.4. The van der Waals surface area contributed by atoms with Crippen molar-refractivity contribution in [2.75, 3.05) is 0 Å². The molecule has 6 nitrogen and oxygen atoms in total. The molecule has 0 fully saturated rings. The highest BCUT2D eigenvalue weighted by Gasteiger charge is 2.11. The molecule has 1 amide bonds. The van der Waals surface area contributed by atoms with Gasteiger partial charge in [-0.15, -0.1) is 11.3 Å². The first-order chi connectivity index (χ1) is 10.7. The number of carbonyl (C=O) groups is 1. The Labute approximate surface area is 134 Å². The van der Waals surface area contributed by atoms with E-state index in [1.807, 2.05) is 6.07 Å². The number of aromatic amines is 1. The van der Waals surface area contributed by atoms with Gasteiger partial charge in [0.1, 0.15) is 0 Å². The van der Waals surface area contributed by atoms with Crippen LogP contribution in [0.4, 0.5) is 0 Å². The van der Waals surface area contributed by atoms with E-state index in [4.69, 9.17) is 11.6 Å². The molecule has 0 saturated heterocycles. The molecule has 0 aliphatic heterocycles. The zero-order valence-electron chi connectivity index (χ0n) is 11.2. The molecule has 3 aromatic rings. The van der Waals surface area contributed by atoms with Crippen molar-refractivity contribution in [3.05, 3.63) is 58.3 Å². The molecular formula is C14H10ClN5OS. The third-order valence-electron chi connectivity index (χ3n) is 2.73. The van der Waals surface area contributed by atoms with Crippen LogP contribution in [0.25, 0.3) is 10.6 Å². The molecular weight excluding hydrogens is 322 g/mol. The fraction of sp³-hybridized carbons (Fsp3) is 0. The summed E-state index contributed by atoms with van der Waals surface area (Å²) in [7, 11) is 0. The van der Waals surface area contributed by atoms with Crippen LogP contribution in [0.1, 0.15) is 16.1 Å². The first-order valence-electron chi connectivity index (χ1n) is 6.27. The van der Waals surface area contributed by atoms with E-state index in [1.54, 1.807) is 36.7 Å². The Morgan fingerprint density at radius 2 is 2.14 bits per heavy atom. The van der Waals surface area contributed by atoms with E-state index in [1.165, 1.54) is 17.6 Å². The molecule has 8 heteroatoms. The summed E-state index contributed by atoms with van der Waals surface area (Å²) < 4.78 is 0.678. The molecule has 0 unspecified atom stereocenters. The fourth-order valence-corrected chi connectivity index (χ4v) is 2.70. The highest BCUT2D eigenvalue weighted by Crippen LogP contribution is 2.29. The molecule has 0 aliphatic carbocycles. The summed E-state index contributed by atoms with van der Waals surface area (Å²) in [5.41, 5.74) is 4.25. The lowest BCUT2D eigenvalue weighted by Gasteiger charge is -1.94. The van der Waals surface area contributed by atoms with Crippen LogP contribution in [0.5, 0.6) is 0 Å². The summed E-state index contributed by atoms with van der Waals surface area (Å²) in [6.45, 7) is 0. The number of thiophene rings is 1. The number of pyridine rings is 1. The van der Waals surface area contributed by atoms with Crippen molar-refractivity contribution in [1.29, 1.82) is 0 Å². The summed E-state index contributed by atoms with van der Waals surface area (Å²) in [4.78, 5) is 16.8. The fourth-order valence-electron chi connectivity index (χ4n) is 1.70. The molecule has 0 radical (unpaired) electrons. The number of rotatable bonds is 4. The molecule has 0 aliphatic rings. The second kappa shape index (κ2) is 6.50. The van der Waals surface area contributed by atoms with E-state index in [-0.39, 0.29) is 5.69 Å². The van der Waals surface area contributed by atoms with Crippen molar-refractivity contribution in [3.8, 4) is 10.6 Å². The topological polar surface area (TPSA) is 83.0 Å². The second-order valence-electron chi connectivity index (χ2n) is 4.25. The van der Waals surface area contributed by atoms with Crippen LogP contribution in [0, 0.1) is 0 Å². The number of carbonyl (C=O) groups excluding carboxylic acids is 1. The number of hydrogen-bond acceptors (Lipinski definition) is 5. The van der Waals surface area contributed by atoms with Gasteiger partial charge in [0.25, 0.3) is 5.91 Å². The molecule has 0 spiro atoms. The average Bonchev–Trinajstić information content (AvgIpc) is 3.17. The maximum absolute atomic E-state index is 11.9. The van der Waals surface area contributed by atoms with Gasteiger partial charge in [0.2, 0.25) is 0 Å². The van der Waals surface area contributed by atoms with E-state index in [2.05, 4.69) is 25.7 Å². The number of hydrogen-bond donors (Lipinski definition) is 2. The Bertz CT molecular complexity index is 812. The molecule has 0 aromatic carbocycles. The van der Waals surface area contributed by atoms with Crippen LogP contribution in [-0.4, -0.2) is 27.3 Å². The van der Waals surface area contributed by atoms with Crippen molar-refractivity contribution in [3.63, 3.8) is 0 Å². The number of amides is 1. The predicted molar refractivity (Wildman–Crippen MR) is 86.2 cm³/mol. The molecule has 3 rings (SSSR count). The van der Waals surface area contributed by atoms with Gasteiger partial charge in [0.15, 0.2) is 5.69 Å². The lowest BCUT2D eigenvalue weighted by atomic mass is 10.3. The highest BCUT2D eigenvalue weighted by atomic mass is 35.5. The standard InChI is InChI=1S/C14H10ClN5OS/c15-13-2-1-12(22-13)10-7-11(19-18-10)14(21)20-17-8-9-3-5-16-6-4-9/h1-8H,(H,18,19)(H,20,21)/b17-8+. The number of nitrogens with one attached hydrogen (secondary N) is 2. The maximum atomic E-state index is 11.9. The predicted octanol–water partition coefficient (Wildman–Crippen LogP) is 2.95. The van der Waals surface area contributed by atoms with Crippen molar-refractivity contribution < 1.29 is 4.79 Å². The van der Waals surface area contributed by atoms with Gasteiger partial charge in [0.05, 0.1) is 21.1 Å². The monoisotopic (exact) mass is 331 g/mol. The minimum absolute atomic E-state index is 0.256. The van der Waals surface area contributed by atoms with Gasteiger partial charge < -0.3 is 0 Å². The Morgan fingerprint density at radius 3 is 2.86 bits per heavy atom. The van der Waals surface area contributed by atoms with Crippen LogP contribution < -0.4 is 5.43 Å². The molecule has 110 valence electrons. The summed E-state index contributed by atoms with van der Waals surface area (Å²) in [5, 5.41) is 10.7. The molecule has 0 atom stereocenters. The van der Waals surface area contributed by atoms with Gasteiger partial charge in [-0.05, 0) is 35.9 Å². The maximum Gasteiger partial charge on any atom is 0.291 e. The summed E-state index contributed by atoms with van der Waals surface area (Å²) in [5.74, 6) is -0.393. The Kier molecular flexibility index (Phi) is 4.27. The van der Waals surface area contributed by atoms with E-state index < -0.39 is 5.91 Å². The van der Waals surface area contributed by atoms with Crippen LogP contribution >= 0.6 is 22.9 Å². The molecule has 3 aromatic heterocycles. The van der Waals surface area contributed by atoms with E-state index >= 15 is 0 Å². The van der Waals surface area contributed by atoms with Crippen LogP contribution in [0.3, 0.4) is 0 Å². The van der Waals surface area contributed by atoms with Gasteiger partial charge in [-0.2, -0.15) is 10.2 Å². The molecule has 0 bridgehead atoms. The van der Waals surface area contributed by atoms with Crippen molar-refractivity contribution in [2.24, 2.45) is 5.10 Å². The number of hydrazone groups is 1. The van der Waals surface area contributed by atoms with Crippen LogP contribution in [0.15, 0.2) is 47.8 Å². The quantitative estimate of drug-likeness (QED) is 0.569. The molecule has 22 heavy (non-hydrogen) atoms. The minimum Gasteiger partial charge on any atom is -0.276 e. The van der Waals surface area contributed by atoms with Gasteiger partial charge in [-0.1, -0.05) is 11.6 Å². The summed E-state index contributed by atoms with van der Waals surface area (Å²) in [6.07, 6.45) is 4.83. The third kappa shape index (κ3) is 3.38. The zero-order valence-corrected chi connectivity index (χ0v) is 12.7. The lowest BCUT2D eigenvalue weighted by molar-refractivity contribution is 0.0950. The van der Waals surface area contributed by atoms with Gasteiger partial charge in [-0.25, -0.2) is 5.43 Å². The smallest absolute Gasteiger partial charge is 0.276 e. The van der Waals surface area contributed by atoms with Crippen molar-refractivity contribution in [2.45, 2.75) is 0 Å². The number of nitrogens with zero attached hydrogens (tertiary/aromatic N) is 3. The van der Waals surface area contributed by atoms with E-state index in [0.29, 0.717) is 4.34 Å². The SMILES string of the molecule is O=C(N/N=C/c1ccncc1)c1cc(-c2ccc(Cl)s2)[nH]n1. The average molecular weight is 332 g/mol. The number of aromatic nitrogens is 3. The van der Waals surface area contributed by atoms with E-state index in [9.17, 15) is 4.79 Å². The van der Waals surface area contributed by atoms with Crippen molar-refractivity contribution in [1.82, 2.24) is 20.6 Å². The minimum atomic E-state index is -0.393. The third-order valence-corrected chi connectivity index (χ3v) is 4.00. The zero-order chi connectivity index (χ0) is 15.4. The van der Waals surface area contributed by atoms with Gasteiger partial charge in [0, 0.05) is 12.4 Å². The summed E-state index contributed by atoms with van der Waals surface area (Å²) in [6, 6.07) is 8.87. The lowest BCUT2D eigenvalue weighted by Crippen LogP contribution is -2.17. The highest BCUT2D eigenvalue weighted by molar-refractivity contribution is 7.19. The van der Waals surface area contributed by atoms with Crippen molar-refractivity contribution >= 4 is 35.1 Å².